The van der Waals surface area contributed by atoms with E-state index in [4.69, 9.17) is 0 Å². The van der Waals surface area contributed by atoms with Crippen molar-refractivity contribution in [3.05, 3.63) is 0 Å². The Bertz CT molecular complexity index is 202. The lowest BCUT2D eigenvalue weighted by Gasteiger charge is -2.25. The van der Waals surface area contributed by atoms with Crippen molar-refractivity contribution in [1.29, 1.82) is 0 Å². The summed E-state index contributed by atoms with van der Waals surface area (Å²) in [5, 5.41) is 5.34. The molecule has 0 saturated heterocycles. The third kappa shape index (κ3) is 2.20. The summed E-state index contributed by atoms with van der Waals surface area (Å²) in [7, 11) is 0. The van der Waals surface area contributed by atoms with E-state index >= 15 is 0 Å². The lowest BCUT2D eigenvalue weighted by molar-refractivity contribution is 0.177. The summed E-state index contributed by atoms with van der Waals surface area (Å²) in [5.74, 6) is 0. The molecule has 0 radical (unpaired) electrons. The number of nitrogens with zero attached hydrogens (tertiary/aromatic N) is 2. The normalized spacial score (nSPS) is 17.3. The lowest BCUT2D eigenvalue weighted by Crippen LogP contribution is -2.52. The van der Waals surface area contributed by atoms with Gasteiger partial charge in [0, 0.05) is 6.54 Å². The summed E-state index contributed by atoms with van der Waals surface area (Å²) < 4.78 is 0. The molecular formula is C7H14N4O. The van der Waals surface area contributed by atoms with Gasteiger partial charge in [0.05, 0.1) is 12.3 Å². The first-order valence-corrected chi connectivity index (χ1v) is 4.08. The highest BCUT2D eigenvalue weighted by Gasteiger charge is 2.16. The molecule has 0 spiro atoms. The smallest absolute Gasteiger partial charge is 0.253 e. The molecule has 12 heavy (non-hydrogen) atoms. The van der Waals surface area contributed by atoms with E-state index in [2.05, 4.69) is 22.9 Å². The molecule has 1 rings (SSSR count). The van der Waals surface area contributed by atoms with Crippen LogP contribution in [0.1, 0.15) is 20.3 Å². The summed E-state index contributed by atoms with van der Waals surface area (Å²) >= 11 is 0. The number of hydrazone groups is 1. The van der Waals surface area contributed by atoms with Crippen molar-refractivity contribution in [3.63, 3.8) is 0 Å². The van der Waals surface area contributed by atoms with Crippen LogP contribution in [-0.4, -0.2) is 29.8 Å². The fourth-order valence-corrected chi connectivity index (χ4v) is 0.914. The van der Waals surface area contributed by atoms with Crippen molar-refractivity contribution in [2.24, 2.45) is 5.10 Å². The molecule has 2 amide bonds. The largest absolute Gasteiger partial charge is 0.352 e. The van der Waals surface area contributed by atoms with Gasteiger partial charge in [-0.2, -0.15) is 5.10 Å². The zero-order chi connectivity index (χ0) is 8.97. The highest BCUT2D eigenvalue weighted by atomic mass is 16.2. The number of urea groups is 1. The number of rotatable bonds is 3. The molecule has 0 atom stereocenters. The summed E-state index contributed by atoms with van der Waals surface area (Å²) in [4.78, 5) is 11.1. The third-order valence-corrected chi connectivity index (χ3v) is 1.53. The van der Waals surface area contributed by atoms with Gasteiger partial charge in [0.25, 0.3) is 0 Å². The van der Waals surface area contributed by atoms with Crippen molar-refractivity contribution in [1.82, 2.24) is 15.9 Å². The topological polar surface area (TPSA) is 56.7 Å². The molecule has 0 aliphatic carbocycles. The van der Waals surface area contributed by atoms with Crippen LogP contribution in [-0.2, 0) is 0 Å². The van der Waals surface area contributed by atoms with Crippen molar-refractivity contribution in [3.8, 4) is 0 Å². The first-order chi connectivity index (χ1) is 5.74. The van der Waals surface area contributed by atoms with Gasteiger partial charge in [0.2, 0.25) is 0 Å². The minimum absolute atomic E-state index is 0.186. The molecule has 1 aliphatic heterocycles. The van der Waals surface area contributed by atoms with Gasteiger partial charge in [-0.3, -0.25) is 5.01 Å². The second-order valence-corrected chi connectivity index (χ2v) is 2.76. The minimum atomic E-state index is -0.186. The number of carbonyl (C=O) groups is 1. The van der Waals surface area contributed by atoms with Crippen LogP contribution in [0.3, 0.4) is 0 Å². The Hall–Kier alpha value is -1.10. The molecule has 0 saturated carbocycles. The fourth-order valence-electron chi connectivity index (χ4n) is 0.914. The molecule has 0 aromatic heterocycles. The number of hydrogen-bond donors (Lipinski definition) is 2. The van der Waals surface area contributed by atoms with Crippen LogP contribution in [0.4, 0.5) is 4.79 Å². The fraction of sp³-hybridized carbons (Fsp3) is 0.714. The molecule has 0 fully saturated rings. The Balaban J connectivity index is 2.43. The Kier molecular flexibility index (Phi) is 3.04. The van der Waals surface area contributed by atoms with Crippen LogP contribution in [0, 0.1) is 0 Å². The molecule has 1 aliphatic rings. The van der Waals surface area contributed by atoms with Gasteiger partial charge in [0.15, 0.2) is 0 Å². The number of carbonyl (C=O) groups excluding carboxylic acids is 1. The molecule has 0 bridgehead atoms. The van der Waals surface area contributed by atoms with E-state index in [9.17, 15) is 4.79 Å². The third-order valence-electron chi connectivity index (χ3n) is 1.53. The number of amides is 2. The van der Waals surface area contributed by atoms with Gasteiger partial charge in [0.1, 0.15) is 0 Å². The minimum Gasteiger partial charge on any atom is -0.253 e. The van der Waals surface area contributed by atoms with E-state index in [1.807, 2.05) is 6.92 Å². The monoisotopic (exact) mass is 170 g/mol. The van der Waals surface area contributed by atoms with Crippen LogP contribution in [0.5, 0.6) is 0 Å². The van der Waals surface area contributed by atoms with E-state index in [0.29, 0.717) is 6.54 Å². The predicted octanol–water partition coefficient (Wildman–Crippen LogP) is 0.302. The van der Waals surface area contributed by atoms with E-state index in [1.165, 1.54) is 5.01 Å². The van der Waals surface area contributed by atoms with Gasteiger partial charge in [-0.25, -0.2) is 15.6 Å². The number of nitrogens with one attached hydrogen (secondary N) is 2. The summed E-state index contributed by atoms with van der Waals surface area (Å²) in [5.41, 5.74) is 6.30. The molecular weight excluding hydrogens is 156 g/mol. The predicted molar refractivity (Wildman–Crippen MR) is 46.6 cm³/mol. The highest BCUT2D eigenvalue weighted by Crippen LogP contribution is 1.93. The molecule has 5 nitrogen and oxygen atoms in total. The number of hydrogen-bond acceptors (Lipinski definition) is 3. The van der Waals surface area contributed by atoms with Gasteiger partial charge in [-0.05, 0) is 13.3 Å². The Labute approximate surface area is 71.8 Å². The average molecular weight is 170 g/mol. The van der Waals surface area contributed by atoms with Crippen molar-refractivity contribution in [2.45, 2.75) is 20.3 Å². The second kappa shape index (κ2) is 4.06. The maximum Gasteiger partial charge on any atom is 0.352 e. The van der Waals surface area contributed by atoms with Crippen LogP contribution >= 0.6 is 0 Å². The molecule has 0 aromatic rings. The van der Waals surface area contributed by atoms with E-state index in [1.54, 1.807) is 0 Å². The summed E-state index contributed by atoms with van der Waals surface area (Å²) in [6.07, 6.45) is 1.000. The van der Waals surface area contributed by atoms with Crippen molar-refractivity contribution in [2.75, 3.05) is 13.1 Å². The molecule has 2 N–H and O–H groups in total. The van der Waals surface area contributed by atoms with Gasteiger partial charge < -0.3 is 0 Å². The molecule has 5 heteroatoms. The lowest BCUT2D eigenvalue weighted by atomic mass is 10.4. The van der Waals surface area contributed by atoms with Crippen molar-refractivity contribution >= 4 is 11.7 Å². The van der Waals surface area contributed by atoms with Crippen LogP contribution in [0.15, 0.2) is 5.10 Å². The zero-order valence-corrected chi connectivity index (χ0v) is 7.42. The standard InChI is InChI=1S/C7H14N4O/c1-3-4-8-11-5-6(2)9-10-7(11)12/h8H,3-5H2,1-2H3,(H,10,12). The van der Waals surface area contributed by atoms with Crippen molar-refractivity contribution < 1.29 is 4.79 Å². The summed E-state index contributed by atoms with van der Waals surface area (Å²) in [6.45, 7) is 5.29. The van der Waals surface area contributed by atoms with Crippen LogP contribution < -0.4 is 10.9 Å². The Morgan fingerprint density at radius 1 is 1.75 bits per heavy atom. The van der Waals surface area contributed by atoms with Crippen LogP contribution in [0.2, 0.25) is 0 Å². The first-order valence-electron chi connectivity index (χ1n) is 4.08. The Morgan fingerprint density at radius 2 is 2.50 bits per heavy atom. The van der Waals surface area contributed by atoms with E-state index in [0.717, 1.165) is 18.7 Å². The van der Waals surface area contributed by atoms with Gasteiger partial charge in [-0.1, -0.05) is 6.92 Å². The molecule has 68 valence electrons. The zero-order valence-electron chi connectivity index (χ0n) is 7.42. The average Bonchev–Trinajstić information content (AvgIpc) is 2.07. The van der Waals surface area contributed by atoms with Crippen LogP contribution in [0.25, 0.3) is 0 Å². The maximum atomic E-state index is 11.1. The highest BCUT2D eigenvalue weighted by molar-refractivity contribution is 5.91. The number of hydrazine groups is 1. The van der Waals surface area contributed by atoms with Gasteiger partial charge in [-0.15, -0.1) is 0 Å². The molecule has 0 aromatic carbocycles. The molecule has 1 heterocycles. The van der Waals surface area contributed by atoms with E-state index < -0.39 is 0 Å². The molecule has 0 unspecified atom stereocenters. The second-order valence-electron chi connectivity index (χ2n) is 2.76. The first kappa shape index (κ1) is 8.99. The summed E-state index contributed by atoms with van der Waals surface area (Å²) in [6, 6.07) is -0.186. The van der Waals surface area contributed by atoms with E-state index in [-0.39, 0.29) is 6.03 Å². The van der Waals surface area contributed by atoms with Gasteiger partial charge >= 0.3 is 6.03 Å². The maximum absolute atomic E-state index is 11.1. The quantitative estimate of drug-likeness (QED) is 0.640. The SMILES string of the molecule is CCCNN1CC(C)=NNC1=O. The Morgan fingerprint density at radius 3 is 3.17 bits per heavy atom.